The maximum Gasteiger partial charge on any atom is 0.321 e. The number of aromatic nitrogens is 2. The van der Waals surface area contributed by atoms with Gasteiger partial charge in [0, 0.05) is 24.6 Å². The molecule has 2 aromatic heterocycles. The van der Waals surface area contributed by atoms with Crippen LogP contribution in [-0.2, 0) is 4.74 Å². The fraction of sp³-hybridized carbons (Fsp3) is 0.421. The van der Waals surface area contributed by atoms with Gasteiger partial charge < -0.3 is 10.1 Å². The van der Waals surface area contributed by atoms with Gasteiger partial charge in [0.2, 0.25) is 0 Å². The zero-order valence-electron chi connectivity index (χ0n) is 14.9. The summed E-state index contributed by atoms with van der Waals surface area (Å²) >= 11 is 1.36. The first-order chi connectivity index (χ1) is 12.6. The van der Waals surface area contributed by atoms with Crippen molar-refractivity contribution in [2.45, 2.75) is 32.7 Å². The molecule has 2 heterocycles. The molecular weight excluding hydrogens is 348 g/mol. The topological polar surface area (TPSA) is 76.1 Å². The molecule has 1 atom stereocenters. The number of carbonyl (C=O) groups excluding carboxylic acids is 1. The van der Waals surface area contributed by atoms with Crippen LogP contribution in [0.3, 0.4) is 0 Å². The number of urea groups is 1. The van der Waals surface area contributed by atoms with Crippen molar-refractivity contribution in [1.82, 2.24) is 15.3 Å². The maximum atomic E-state index is 12.1. The Morgan fingerprint density at radius 2 is 2.15 bits per heavy atom. The van der Waals surface area contributed by atoms with Crippen LogP contribution in [0, 0.1) is 24.7 Å². The number of nitrogens with one attached hydrogen (secondary N) is 2. The number of hydrogen-bond acceptors (Lipinski definition) is 5. The quantitative estimate of drug-likeness (QED) is 0.766. The molecule has 26 heavy (non-hydrogen) atoms. The smallest absolute Gasteiger partial charge is 0.321 e. The van der Waals surface area contributed by atoms with Crippen LogP contribution >= 0.6 is 11.3 Å². The normalized spacial score (nSPS) is 14.2. The van der Waals surface area contributed by atoms with E-state index in [1.165, 1.54) is 24.2 Å². The summed E-state index contributed by atoms with van der Waals surface area (Å²) in [5.74, 6) is 6.89. The summed E-state index contributed by atoms with van der Waals surface area (Å²) in [6, 6.07) is 3.36. The highest BCUT2D eigenvalue weighted by atomic mass is 32.1. The van der Waals surface area contributed by atoms with Gasteiger partial charge in [-0.2, -0.15) is 0 Å². The standard InChI is InChI=1S/C19H22N4O2S/c1-13(11-25-12-16-3-4-16)21-18(24)23-19-22-14(2)17(26-19)6-5-15-7-9-20-10-8-15/h7-10,13,16H,3-4,11-12H2,1-2H3,(H2,21,22,23,24)/t13-/m1/s1. The highest BCUT2D eigenvalue weighted by Crippen LogP contribution is 2.28. The van der Waals surface area contributed by atoms with Crippen LogP contribution in [0.2, 0.25) is 0 Å². The predicted molar refractivity (Wildman–Crippen MR) is 102 cm³/mol. The van der Waals surface area contributed by atoms with E-state index in [0.29, 0.717) is 11.7 Å². The fourth-order valence-corrected chi connectivity index (χ4v) is 3.04. The second-order valence-corrected chi connectivity index (χ2v) is 7.40. The first kappa shape index (κ1) is 18.4. The third kappa shape index (κ3) is 5.83. The molecule has 2 N–H and O–H groups in total. The van der Waals surface area contributed by atoms with E-state index in [4.69, 9.17) is 4.74 Å². The number of amides is 2. The van der Waals surface area contributed by atoms with Crippen molar-refractivity contribution in [3.05, 3.63) is 40.7 Å². The second-order valence-electron chi connectivity index (χ2n) is 6.40. The van der Waals surface area contributed by atoms with Crippen LogP contribution < -0.4 is 10.6 Å². The van der Waals surface area contributed by atoms with E-state index in [9.17, 15) is 4.79 Å². The van der Waals surface area contributed by atoms with Crippen molar-refractivity contribution < 1.29 is 9.53 Å². The molecule has 0 bridgehead atoms. The number of ether oxygens (including phenoxy) is 1. The Bertz CT molecular complexity index is 806. The summed E-state index contributed by atoms with van der Waals surface area (Å²) in [7, 11) is 0. The minimum atomic E-state index is -0.282. The van der Waals surface area contributed by atoms with Gasteiger partial charge in [-0.25, -0.2) is 9.78 Å². The molecule has 3 rings (SSSR count). The highest BCUT2D eigenvalue weighted by Gasteiger charge is 2.21. The van der Waals surface area contributed by atoms with Crippen molar-refractivity contribution in [3.63, 3.8) is 0 Å². The number of thiazole rings is 1. The van der Waals surface area contributed by atoms with Gasteiger partial charge in [0.1, 0.15) is 4.88 Å². The van der Waals surface area contributed by atoms with Gasteiger partial charge in [0.25, 0.3) is 0 Å². The SMILES string of the molecule is Cc1nc(NC(=O)N[C@H](C)COCC2CC2)sc1C#Cc1ccncc1. The molecule has 0 saturated heterocycles. The van der Waals surface area contributed by atoms with E-state index in [1.54, 1.807) is 12.4 Å². The molecule has 1 saturated carbocycles. The molecule has 0 spiro atoms. The Labute approximate surface area is 157 Å². The minimum absolute atomic E-state index is 0.0549. The molecule has 1 aliphatic carbocycles. The molecule has 1 aliphatic rings. The molecule has 136 valence electrons. The molecule has 7 heteroatoms. The molecule has 2 aromatic rings. The second kappa shape index (κ2) is 8.79. The Hall–Kier alpha value is -2.43. The van der Waals surface area contributed by atoms with Crippen LogP contribution in [-0.4, -0.2) is 35.3 Å². The first-order valence-corrected chi connectivity index (χ1v) is 9.46. The lowest BCUT2D eigenvalue weighted by atomic mass is 10.2. The van der Waals surface area contributed by atoms with Gasteiger partial charge in [0.05, 0.1) is 18.3 Å². The van der Waals surface area contributed by atoms with E-state index in [2.05, 4.69) is 32.4 Å². The molecule has 0 unspecified atom stereocenters. The molecular formula is C19H22N4O2S. The minimum Gasteiger partial charge on any atom is -0.379 e. The predicted octanol–water partition coefficient (Wildman–Crippen LogP) is 3.18. The van der Waals surface area contributed by atoms with Gasteiger partial charge in [0.15, 0.2) is 5.13 Å². The number of aryl methyl sites for hydroxylation is 1. The Kier molecular flexibility index (Phi) is 6.21. The van der Waals surface area contributed by atoms with Crippen LogP contribution in [0.15, 0.2) is 24.5 Å². The fourth-order valence-electron chi connectivity index (χ4n) is 2.22. The zero-order chi connectivity index (χ0) is 18.4. The van der Waals surface area contributed by atoms with Gasteiger partial charge in [-0.05, 0) is 50.7 Å². The van der Waals surface area contributed by atoms with Gasteiger partial charge >= 0.3 is 6.03 Å². The molecule has 6 nitrogen and oxygen atoms in total. The Morgan fingerprint density at radius 3 is 2.88 bits per heavy atom. The van der Waals surface area contributed by atoms with E-state index in [-0.39, 0.29) is 12.1 Å². The summed E-state index contributed by atoms with van der Waals surface area (Å²) in [6.45, 7) is 5.11. The van der Waals surface area contributed by atoms with Crippen molar-refractivity contribution in [3.8, 4) is 11.8 Å². The summed E-state index contributed by atoms with van der Waals surface area (Å²) < 4.78 is 5.59. The maximum absolute atomic E-state index is 12.1. The lowest BCUT2D eigenvalue weighted by molar-refractivity contribution is 0.109. The van der Waals surface area contributed by atoms with Gasteiger partial charge in [-0.3, -0.25) is 10.3 Å². The zero-order valence-corrected chi connectivity index (χ0v) is 15.7. The van der Waals surface area contributed by atoms with Crippen LogP contribution in [0.25, 0.3) is 0 Å². The molecule has 0 aliphatic heterocycles. The highest BCUT2D eigenvalue weighted by molar-refractivity contribution is 7.16. The third-order valence-electron chi connectivity index (χ3n) is 3.81. The number of hydrogen-bond donors (Lipinski definition) is 2. The van der Waals surface area contributed by atoms with Crippen LogP contribution in [0.1, 0.15) is 35.9 Å². The van der Waals surface area contributed by atoms with Crippen molar-refractivity contribution in [2.75, 3.05) is 18.5 Å². The molecule has 0 radical (unpaired) electrons. The number of nitrogens with zero attached hydrogens (tertiary/aromatic N) is 2. The van der Waals surface area contributed by atoms with Crippen LogP contribution in [0.4, 0.5) is 9.93 Å². The van der Waals surface area contributed by atoms with Gasteiger partial charge in [-0.1, -0.05) is 17.3 Å². The number of pyridine rings is 1. The summed E-state index contributed by atoms with van der Waals surface area (Å²) in [5, 5.41) is 6.16. The van der Waals surface area contributed by atoms with E-state index in [1.807, 2.05) is 26.0 Å². The van der Waals surface area contributed by atoms with Crippen molar-refractivity contribution >= 4 is 22.5 Å². The van der Waals surface area contributed by atoms with E-state index in [0.717, 1.165) is 28.7 Å². The average Bonchev–Trinajstić information content (AvgIpc) is 3.37. The molecule has 1 fully saturated rings. The molecule has 0 aromatic carbocycles. The first-order valence-electron chi connectivity index (χ1n) is 8.65. The van der Waals surface area contributed by atoms with Crippen molar-refractivity contribution in [2.24, 2.45) is 5.92 Å². The summed E-state index contributed by atoms with van der Waals surface area (Å²) in [5.41, 5.74) is 1.69. The van der Waals surface area contributed by atoms with Crippen molar-refractivity contribution in [1.29, 1.82) is 0 Å². The number of anilines is 1. The third-order valence-corrected chi connectivity index (χ3v) is 4.80. The lowest BCUT2D eigenvalue weighted by Crippen LogP contribution is -2.38. The summed E-state index contributed by atoms with van der Waals surface area (Å²) in [4.78, 5) is 21.2. The van der Waals surface area contributed by atoms with E-state index >= 15 is 0 Å². The summed E-state index contributed by atoms with van der Waals surface area (Å²) in [6.07, 6.45) is 5.93. The van der Waals surface area contributed by atoms with Gasteiger partial charge in [-0.15, -0.1) is 0 Å². The Balaban J connectivity index is 1.50. The number of carbonyl (C=O) groups is 1. The molecule has 2 amide bonds. The lowest BCUT2D eigenvalue weighted by Gasteiger charge is -2.14. The monoisotopic (exact) mass is 370 g/mol. The number of rotatable bonds is 6. The van der Waals surface area contributed by atoms with E-state index < -0.39 is 0 Å². The Morgan fingerprint density at radius 1 is 1.38 bits per heavy atom. The van der Waals surface area contributed by atoms with Crippen LogP contribution in [0.5, 0.6) is 0 Å². The largest absolute Gasteiger partial charge is 0.379 e. The average molecular weight is 370 g/mol.